The fraction of sp³-hybridized carbons (Fsp3) is 0.375. The molecule has 3 nitrogen and oxygen atoms in total. The van der Waals surface area contributed by atoms with Crippen LogP contribution >= 0.6 is 0 Å². The molecular weight excluding hydrogens is 336 g/mol. The van der Waals surface area contributed by atoms with Gasteiger partial charge in [0.2, 0.25) is 0 Å². The molecule has 2 aromatic rings. The van der Waals surface area contributed by atoms with Crippen LogP contribution in [0, 0.1) is 6.92 Å². The fourth-order valence-corrected chi connectivity index (χ4v) is 3.99. The standard InChI is InChI=1S/C24H28O3/c1-15-13-19-20(23(4,5)12-11-22(19,2)3)14-18(15)24(6,27)17-9-7-16(8-10-17)21(25)26/h7-14,27H,1-6H3,(H,25,26). The van der Waals surface area contributed by atoms with E-state index in [9.17, 15) is 9.90 Å². The van der Waals surface area contributed by atoms with Crippen LogP contribution in [0.3, 0.4) is 0 Å². The molecular formula is C24H28O3. The highest BCUT2D eigenvalue weighted by atomic mass is 16.4. The van der Waals surface area contributed by atoms with Gasteiger partial charge >= 0.3 is 5.97 Å². The number of aryl methyl sites for hydroxylation is 1. The number of benzene rings is 2. The Morgan fingerprint density at radius 3 is 1.89 bits per heavy atom. The van der Waals surface area contributed by atoms with Crippen molar-refractivity contribution >= 4 is 5.97 Å². The van der Waals surface area contributed by atoms with Crippen molar-refractivity contribution < 1.29 is 15.0 Å². The van der Waals surface area contributed by atoms with Crippen LogP contribution in [0.2, 0.25) is 0 Å². The molecule has 1 aliphatic rings. The zero-order valence-electron chi connectivity index (χ0n) is 16.9. The Hall–Kier alpha value is -2.39. The van der Waals surface area contributed by atoms with E-state index in [4.69, 9.17) is 5.11 Å². The molecule has 0 radical (unpaired) electrons. The summed E-state index contributed by atoms with van der Waals surface area (Å²) in [5.74, 6) is -0.970. The number of fused-ring (bicyclic) bond motifs is 1. The number of carboxylic acid groups (broad SMARTS) is 1. The van der Waals surface area contributed by atoms with E-state index in [1.165, 1.54) is 23.3 Å². The molecule has 0 fully saturated rings. The van der Waals surface area contributed by atoms with Gasteiger partial charge in [-0.2, -0.15) is 0 Å². The summed E-state index contributed by atoms with van der Waals surface area (Å²) in [5.41, 5.74) is 3.90. The second-order valence-corrected chi connectivity index (χ2v) is 8.94. The van der Waals surface area contributed by atoms with E-state index in [1.54, 1.807) is 19.1 Å². The normalized spacial score (nSPS) is 19.2. The molecule has 27 heavy (non-hydrogen) atoms. The van der Waals surface area contributed by atoms with E-state index in [-0.39, 0.29) is 16.4 Å². The minimum absolute atomic E-state index is 0.0524. The number of carboxylic acids is 1. The van der Waals surface area contributed by atoms with Crippen LogP contribution in [-0.2, 0) is 16.4 Å². The van der Waals surface area contributed by atoms with Gasteiger partial charge in [-0.05, 0) is 53.8 Å². The number of rotatable bonds is 3. The smallest absolute Gasteiger partial charge is 0.335 e. The molecule has 0 amide bonds. The zero-order chi connectivity index (χ0) is 20.2. The molecule has 0 saturated carbocycles. The predicted octanol–water partition coefficient (Wildman–Crippen LogP) is 5.07. The SMILES string of the molecule is Cc1cc2c(cc1C(C)(O)c1ccc(C(=O)O)cc1)C(C)(C)C=CC2(C)C. The lowest BCUT2D eigenvalue weighted by molar-refractivity contribution is 0.0695. The molecule has 0 aliphatic heterocycles. The van der Waals surface area contributed by atoms with Crippen LogP contribution < -0.4 is 0 Å². The van der Waals surface area contributed by atoms with Gasteiger partial charge in [-0.15, -0.1) is 0 Å². The molecule has 0 bridgehead atoms. The third-order valence-corrected chi connectivity index (χ3v) is 5.89. The molecule has 0 heterocycles. The Morgan fingerprint density at radius 1 is 0.926 bits per heavy atom. The molecule has 1 unspecified atom stereocenters. The average molecular weight is 364 g/mol. The van der Waals surface area contributed by atoms with E-state index < -0.39 is 11.6 Å². The number of carbonyl (C=O) groups is 1. The molecule has 0 aromatic heterocycles. The van der Waals surface area contributed by atoms with Gasteiger partial charge < -0.3 is 10.2 Å². The van der Waals surface area contributed by atoms with Gasteiger partial charge in [0.05, 0.1) is 5.56 Å². The van der Waals surface area contributed by atoms with Gasteiger partial charge in [0.1, 0.15) is 5.60 Å². The van der Waals surface area contributed by atoms with Crippen LogP contribution in [0.5, 0.6) is 0 Å². The van der Waals surface area contributed by atoms with Crippen molar-refractivity contribution in [1.29, 1.82) is 0 Å². The van der Waals surface area contributed by atoms with Crippen LogP contribution in [0.15, 0.2) is 48.6 Å². The molecule has 2 aromatic carbocycles. The molecule has 0 spiro atoms. The van der Waals surface area contributed by atoms with Crippen molar-refractivity contribution in [2.24, 2.45) is 0 Å². The summed E-state index contributed by atoms with van der Waals surface area (Å²) in [6.45, 7) is 12.6. The van der Waals surface area contributed by atoms with Crippen LogP contribution in [0.4, 0.5) is 0 Å². The monoisotopic (exact) mass is 364 g/mol. The third kappa shape index (κ3) is 3.21. The van der Waals surface area contributed by atoms with Crippen molar-refractivity contribution in [3.8, 4) is 0 Å². The van der Waals surface area contributed by atoms with Crippen molar-refractivity contribution in [3.05, 3.63) is 81.9 Å². The van der Waals surface area contributed by atoms with E-state index in [1.807, 2.05) is 6.92 Å². The third-order valence-electron chi connectivity index (χ3n) is 5.89. The van der Waals surface area contributed by atoms with Gasteiger partial charge in [-0.1, -0.05) is 64.1 Å². The van der Waals surface area contributed by atoms with Crippen molar-refractivity contribution in [1.82, 2.24) is 0 Å². The molecule has 1 atom stereocenters. The lowest BCUT2D eigenvalue weighted by Crippen LogP contribution is -2.31. The molecule has 2 N–H and O–H groups in total. The topological polar surface area (TPSA) is 57.5 Å². The molecule has 1 aliphatic carbocycles. The van der Waals surface area contributed by atoms with E-state index >= 15 is 0 Å². The summed E-state index contributed by atoms with van der Waals surface area (Å²) in [6, 6.07) is 10.8. The first-order chi connectivity index (χ1) is 12.4. The number of allylic oxidation sites excluding steroid dienone is 2. The van der Waals surface area contributed by atoms with E-state index in [2.05, 4.69) is 52.0 Å². The van der Waals surface area contributed by atoms with Gasteiger partial charge in [0.25, 0.3) is 0 Å². The van der Waals surface area contributed by atoms with Crippen LogP contribution in [0.1, 0.15) is 72.8 Å². The second-order valence-electron chi connectivity index (χ2n) is 8.94. The molecule has 3 rings (SSSR count). The quantitative estimate of drug-likeness (QED) is 0.747. The predicted molar refractivity (Wildman–Crippen MR) is 108 cm³/mol. The maximum absolute atomic E-state index is 11.4. The largest absolute Gasteiger partial charge is 0.478 e. The van der Waals surface area contributed by atoms with Crippen molar-refractivity contribution in [2.75, 3.05) is 0 Å². The number of aliphatic hydroxyl groups is 1. The Bertz CT molecular complexity index is 929. The lowest BCUT2D eigenvalue weighted by atomic mass is 9.66. The van der Waals surface area contributed by atoms with Gasteiger partial charge in [-0.3, -0.25) is 0 Å². The minimum atomic E-state index is -1.21. The zero-order valence-corrected chi connectivity index (χ0v) is 16.9. The van der Waals surface area contributed by atoms with Crippen molar-refractivity contribution in [3.63, 3.8) is 0 Å². The minimum Gasteiger partial charge on any atom is -0.478 e. The van der Waals surface area contributed by atoms with Crippen molar-refractivity contribution in [2.45, 2.75) is 58.0 Å². The second kappa shape index (κ2) is 6.07. The van der Waals surface area contributed by atoms with Gasteiger partial charge in [0, 0.05) is 10.8 Å². The highest BCUT2D eigenvalue weighted by molar-refractivity contribution is 5.87. The Balaban J connectivity index is 2.16. The number of aromatic carboxylic acids is 1. The van der Waals surface area contributed by atoms with Gasteiger partial charge in [0.15, 0.2) is 0 Å². The average Bonchev–Trinajstić information content (AvgIpc) is 2.58. The Kier molecular flexibility index (Phi) is 4.35. The molecule has 142 valence electrons. The first kappa shape index (κ1) is 19.4. The highest BCUT2D eigenvalue weighted by Crippen LogP contribution is 2.44. The lowest BCUT2D eigenvalue weighted by Gasteiger charge is -2.39. The molecule has 0 saturated heterocycles. The van der Waals surface area contributed by atoms with Gasteiger partial charge in [-0.25, -0.2) is 4.79 Å². The van der Waals surface area contributed by atoms with Crippen LogP contribution in [-0.4, -0.2) is 16.2 Å². The first-order valence-electron chi connectivity index (χ1n) is 9.29. The summed E-state index contributed by atoms with van der Waals surface area (Å²) in [5, 5.41) is 20.5. The summed E-state index contributed by atoms with van der Waals surface area (Å²) in [7, 11) is 0. The van der Waals surface area contributed by atoms with Crippen LogP contribution in [0.25, 0.3) is 0 Å². The maximum Gasteiger partial charge on any atom is 0.335 e. The first-order valence-corrected chi connectivity index (χ1v) is 9.29. The molecule has 3 heteroatoms. The highest BCUT2D eigenvalue weighted by Gasteiger charge is 2.36. The fourth-order valence-electron chi connectivity index (χ4n) is 3.99. The summed E-state index contributed by atoms with van der Waals surface area (Å²) in [4.78, 5) is 11.1. The summed E-state index contributed by atoms with van der Waals surface area (Å²) < 4.78 is 0. The summed E-state index contributed by atoms with van der Waals surface area (Å²) in [6.07, 6.45) is 4.50. The number of hydrogen-bond donors (Lipinski definition) is 2. The Morgan fingerprint density at radius 2 is 1.41 bits per heavy atom. The Labute approximate surface area is 161 Å². The van der Waals surface area contributed by atoms with E-state index in [0.717, 1.165) is 11.1 Å². The summed E-state index contributed by atoms with van der Waals surface area (Å²) >= 11 is 0. The number of hydrogen-bond acceptors (Lipinski definition) is 2. The maximum atomic E-state index is 11.4. The van der Waals surface area contributed by atoms with E-state index in [0.29, 0.717) is 5.56 Å².